The SMILES string of the molecule is CC(C)(C)c1[nH]n2nc(-c3ccc(NC(=O)c4cc(S(=O)(=O)[O-])cc(S(=O)(=O)[O-])c4)cc3)nc2c1N=Nc1nc(SCCS(=O)(=O)[O-])ns1.[Na+].[Na+].[Na+].[Y]. The molecular weight excluding hydrogens is 905 g/mol. The van der Waals surface area contributed by atoms with E-state index in [4.69, 9.17) is 0 Å². The van der Waals surface area contributed by atoms with Crippen molar-refractivity contribution in [3.05, 3.63) is 53.7 Å². The van der Waals surface area contributed by atoms with Crippen molar-refractivity contribution in [1.82, 2.24) is 29.2 Å². The third-order valence-electron chi connectivity index (χ3n) is 6.34. The minimum atomic E-state index is -5.19. The summed E-state index contributed by atoms with van der Waals surface area (Å²) in [6.45, 7) is 5.81. The number of azo groups is 1. The minimum absolute atomic E-state index is 0. The third-order valence-corrected chi connectivity index (χ3v) is 10.5. The molecule has 0 aliphatic carbocycles. The molecule has 0 saturated carbocycles. The fraction of sp³-hybridized carbons (Fsp3) is 0.240. The summed E-state index contributed by atoms with van der Waals surface area (Å²) in [5.74, 6) is -1.32. The molecule has 0 spiro atoms. The Morgan fingerprint density at radius 1 is 0.925 bits per heavy atom. The molecule has 0 atom stereocenters. The summed E-state index contributed by atoms with van der Waals surface area (Å²) < 4.78 is 107. The number of nitrogens with zero attached hydrogens (tertiary/aromatic N) is 7. The van der Waals surface area contributed by atoms with E-state index in [0.29, 0.717) is 40.8 Å². The molecule has 0 fully saturated rings. The molecule has 1 amide bonds. The summed E-state index contributed by atoms with van der Waals surface area (Å²) in [6.07, 6.45) is 0. The van der Waals surface area contributed by atoms with E-state index < -0.39 is 62.8 Å². The van der Waals surface area contributed by atoms with Crippen LogP contribution in [-0.4, -0.2) is 85.5 Å². The monoisotopic (exact) mass is 926 g/mol. The van der Waals surface area contributed by atoms with Crippen molar-refractivity contribution in [3.63, 3.8) is 0 Å². The number of aromatic amines is 1. The molecule has 0 aliphatic rings. The van der Waals surface area contributed by atoms with Gasteiger partial charge in [0.25, 0.3) is 5.91 Å². The summed E-state index contributed by atoms with van der Waals surface area (Å²) in [5, 5.41) is 19.0. The molecule has 0 bridgehead atoms. The van der Waals surface area contributed by atoms with Crippen LogP contribution in [0, 0.1) is 0 Å². The number of benzene rings is 2. The van der Waals surface area contributed by atoms with Gasteiger partial charge in [-0.15, -0.1) is 15.3 Å². The number of fused-ring (bicyclic) bond motifs is 1. The summed E-state index contributed by atoms with van der Waals surface area (Å²) >= 11 is 1.92. The first-order valence-electron chi connectivity index (χ1n) is 13.5. The zero-order valence-corrected chi connectivity index (χ0v) is 41.7. The minimum Gasteiger partial charge on any atom is -0.748 e. The molecule has 28 heteroatoms. The predicted octanol–water partition coefficient (Wildman–Crippen LogP) is -6.00. The fourth-order valence-corrected chi connectivity index (χ4v) is 7.51. The number of amides is 1. The largest absolute Gasteiger partial charge is 1.00 e. The molecule has 3 aromatic heterocycles. The smallest absolute Gasteiger partial charge is 0.748 e. The molecule has 3 heterocycles. The Morgan fingerprint density at radius 3 is 2.04 bits per heavy atom. The van der Waals surface area contributed by atoms with E-state index in [2.05, 4.69) is 40.1 Å². The first-order chi connectivity index (χ1) is 22.7. The molecule has 0 aliphatic heterocycles. The van der Waals surface area contributed by atoms with Gasteiger partial charge in [0.2, 0.25) is 15.9 Å². The van der Waals surface area contributed by atoms with Crippen molar-refractivity contribution < 1.29 is 165 Å². The summed E-state index contributed by atoms with van der Waals surface area (Å²) in [4.78, 5) is 19.5. The Labute approximate surface area is 403 Å². The van der Waals surface area contributed by atoms with Crippen LogP contribution in [0.1, 0.15) is 36.8 Å². The number of H-pyrrole nitrogens is 1. The Kier molecular flexibility index (Phi) is 19.3. The number of hydrogen-bond acceptors (Lipinski definition) is 18. The number of anilines is 1. The maximum Gasteiger partial charge on any atom is 1.00 e. The van der Waals surface area contributed by atoms with Crippen LogP contribution in [0.4, 0.5) is 16.5 Å². The Bertz CT molecular complexity index is 2400. The van der Waals surface area contributed by atoms with E-state index in [1.54, 1.807) is 12.1 Å². The Morgan fingerprint density at radius 2 is 1.51 bits per heavy atom. The normalized spacial score (nSPS) is 12.0. The molecule has 2 aromatic carbocycles. The van der Waals surface area contributed by atoms with Gasteiger partial charge in [0, 0.05) is 78.0 Å². The first-order valence-corrected chi connectivity index (χ1v) is 19.6. The van der Waals surface area contributed by atoms with Crippen LogP contribution in [0.15, 0.2) is 67.6 Å². The van der Waals surface area contributed by atoms with Gasteiger partial charge in [-0.2, -0.15) is 14.0 Å². The average molecular weight is 927 g/mol. The van der Waals surface area contributed by atoms with E-state index in [9.17, 15) is 43.7 Å². The number of nitrogens with one attached hydrogen (secondary N) is 2. The molecule has 5 rings (SSSR count). The number of rotatable bonds is 11. The zero-order chi connectivity index (χ0) is 35.9. The van der Waals surface area contributed by atoms with Crippen molar-refractivity contribution in [2.75, 3.05) is 16.8 Å². The van der Waals surface area contributed by atoms with Gasteiger partial charge in [0.1, 0.15) is 20.2 Å². The molecular formula is C25H22N9Na3O10S5Y. The van der Waals surface area contributed by atoms with E-state index >= 15 is 0 Å². The van der Waals surface area contributed by atoms with Crippen LogP contribution >= 0.6 is 23.3 Å². The molecule has 0 saturated heterocycles. The molecule has 0 unspecified atom stereocenters. The van der Waals surface area contributed by atoms with Gasteiger partial charge in [-0.1, -0.05) is 32.5 Å². The van der Waals surface area contributed by atoms with Gasteiger partial charge in [-0.3, -0.25) is 9.89 Å². The number of hydrogen-bond donors (Lipinski definition) is 2. The van der Waals surface area contributed by atoms with Crippen LogP contribution in [-0.2, 0) is 68.5 Å². The Hall–Kier alpha value is -0.0661. The van der Waals surface area contributed by atoms with Crippen molar-refractivity contribution in [3.8, 4) is 11.4 Å². The number of thioether (sulfide) groups is 1. The van der Waals surface area contributed by atoms with Crippen LogP contribution in [0.2, 0.25) is 0 Å². The molecule has 19 nitrogen and oxygen atoms in total. The van der Waals surface area contributed by atoms with Crippen LogP contribution in [0.5, 0.6) is 0 Å². The number of carbonyl (C=O) groups is 1. The predicted molar refractivity (Wildman–Crippen MR) is 171 cm³/mol. The average Bonchev–Trinajstić information content (AvgIpc) is 3.70. The molecule has 53 heavy (non-hydrogen) atoms. The zero-order valence-electron chi connectivity index (χ0n) is 28.8. The van der Waals surface area contributed by atoms with E-state index in [1.165, 1.54) is 16.8 Å². The van der Waals surface area contributed by atoms with Gasteiger partial charge >= 0.3 is 88.7 Å². The summed E-state index contributed by atoms with van der Waals surface area (Å²) in [7, 11) is -14.7. The maximum atomic E-state index is 12.8. The van der Waals surface area contributed by atoms with Gasteiger partial charge < -0.3 is 19.0 Å². The van der Waals surface area contributed by atoms with Gasteiger partial charge in [-0.25, -0.2) is 30.2 Å². The van der Waals surface area contributed by atoms with Gasteiger partial charge in [0.15, 0.2) is 11.5 Å². The van der Waals surface area contributed by atoms with E-state index in [0.717, 1.165) is 23.3 Å². The van der Waals surface area contributed by atoms with Crippen LogP contribution in [0.25, 0.3) is 17.0 Å². The van der Waals surface area contributed by atoms with Gasteiger partial charge in [0.05, 0.1) is 25.6 Å². The van der Waals surface area contributed by atoms with E-state index in [1.807, 2.05) is 20.8 Å². The van der Waals surface area contributed by atoms with Crippen molar-refractivity contribution in [1.29, 1.82) is 0 Å². The third kappa shape index (κ3) is 13.8. The second-order valence-electron chi connectivity index (χ2n) is 11.1. The summed E-state index contributed by atoms with van der Waals surface area (Å²) in [6, 6.07) is 7.74. The second kappa shape index (κ2) is 20.1. The molecule has 1 radical (unpaired) electrons. The van der Waals surface area contributed by atoms with Crippen LogP contribution < -0.4 is 94.0 Å². The fourth-order valence-electron chi connectivity index (χ4n) is 4.08. The van der Waals surface area contributed by atoms with Crippen LogP contribution in [0.3, 0.4) is 0 Å². The molecule has 5 aromatic rings. The number of carbonyl (C=O) groups excluding carboxylic acids is 1. The number of aromatic nitrogens is 6. The topological polar surface area (TPSA) is 297 Å². The van der Waals surface area contributed by atoms with Crippen molar-refractivity contribution >= 4 is 81.7 Å². The first kappa shape index (κ1) is 51.0. The van der Waals surface area contributed by atoms with Crippen molar-refractivity contribution in [2.45, 2.75) is 41.1 Å². The second-order valence-corrected chi connectivity index (χ2v) is 17.1. The maximum absolute atomic E-state index is 12.8. The van der Waals surface area contributed by atoms with Crippen molar-refractivity contribution in [2.24, 2.45) is 10.2 Å². The van der Waals surface area contributed by atoms with E-state index in [-0.39, 0.29) is 149 Å². The summed E-state index contributed by atoms with van der Waals surface area (Å²) in [5.41, 5.74) is 1.03. The Balaban J connectivity index is 0.00000351. The quantitative estimate of drug-likeness (QED) is 0.0540. The standard InChI is InChI=1S/C25H25N9O10S5.3Na.Y/c1-25(2,3)19-18(29-30-23-28-24(33-46-23)45-8-9-47(36,37)38)21-27-20(32-34(21)31-19)13-4-6-15(7-5-13)26-22(35)14-10-16(48(39,40)41)12-17(11-14)49(42,43)44;;;;/h4-7,10-12,31H,8-9H2,1-3H3,(H,26,35)(H,36,37,38)(H,39,40,41)(H,42,43,44);;;;/q;3*+1;/p-3. The molecule has 2 N–H and O–H groups in total. The van der Waals surface area contributed by atoms with Gasteiger partial charge in [-0.05, 0) is 42.5 Å². The molecule has 263 valence electrons.